The van der Waals surface area contributed by atoms with Gasteiger partial charge in [-0.3, -0.25) is 43.6 Å². The third-order valence-corrected chi connectivity index (χ3v) is 18.5. The number of halogens is 2. The molecule has 5 aromatic rings. The zero-order chi connectivity index (χ0) is 74.2. The molecule has 22 N–H and O–H groups in total. The van der Waals surface area contributed by atoms with Crippen LogP contribution >= 0.6 is 23.2 Å². The van der Waals surface area contributed by atoms with Gasteiger partial charge in [-0.05, 0) is 116 Å². The summed E-state index contributed by atoms with van der Waals surface area (Å²) in [5, 5.41) is 130. The minimum absolute atomic E-state index is 0.0990. The van der Waals surface area contributed by atoms with Gasteiger partial charge in [-0.1, -0.05) is 55.2 Å². The van der Waals surface area contributed by atoms with Crippen molar-refractivity contribution in [2.45, 2.75) is 156 Å². The van der Waals surface area contributed by atoms with E-state index in [1.165, 1.54) is 38.5 Å². The van der Waals surface area contributed by atoms with Crippen LogP contribution in [0.25, 0.3) is 11.1 Å². The minimum Gasteiger partial charge on any atom is -0.508 e. The van der Waals surface area contributed by atoms with E-state index in [1.807, 2.05) is 13.8 Å². The molecule has 7 aliphatic heterocycles. The van der Waals surface area contributed by atoms with E-state index >= 15 is 14.4 Å². The molecule has 2 unspecified atom stereocenters. The Morgan fingerprint density at radius 3 is 1.91 bits per heavy atom. The normalized spacial score (nSPS) is 29.2. The highest BCUT2D eigenvalue weighted by Gasteiger charge is 2.51. The van der Waals surface area contributed by atoms with Crippen LogP contribution in [0.3, 0.4) is 0 Å². The highest BCUT2D eigenvalue weighted by Crippen LogP contribution is 2.50. The second-order valence-electron chi connectivity index (χ2n) is 25.9. The third kappa shape index (κ3) is 15.9. The van der Waals surface area contributed by atoms with Crippen LogP contribution in [0.15, 0.2) is 78.9 Å². The van der Waals surface area contributed by atoms with Crippen LogP contribution in [0.2, 0.25) is 10.0 Å². The third-order valence-electron chi connectivity index (χ3n) is 17.9. The first-order valence-electron chi connectivity index (χ1n) is 31.9. The molecule has 18 atom stereocenters. The molecule has 0 radical (unpaired) electrons. The summed E-state index contributed by atoms with van der Waals surface area (Å²) >= 11 is 14.1. The molecule has 0 aliphatic carbocycles. The molecule has 36 heteroatoms. The van der Waals surface area contributed by atoms with Gasteiger partial charge in [-0.15, -0.1) is 0 Å². The Morgan fingerprint density at radius 1 is 0.716 bits per heavy atom. The SMILES string of the molecule is CN[C@@H](CC(C)C)C(=O)N[C@H]1C(=O)N[C@@H](CC(N)=O)C(=O)NC2C(=O)N[C@@H]3C(=O)N[C@@H](C(=O)N[C@@H](C(=O)NO)c4cc(O)cc(O)c4-c4cc3ccc4O)[C@@H](O)c3ccc(c(Cl)c3)Oc3cc2cc(c3O[C@H]2O[C@@H](CO)[C@@H](O)[C@@H](O)[C@H]2O[C@H]2CC(C)(N)[C@@H](O)[C@@H](C)O2)Oc2ccc(cc2Cl)[C@H]1O. The van der Waals surface area contributed by atoms with E-state index in [-0.39, 0.29) is 46.2 Å². The summed E-state index contributed by atoms with van der Waals surface area (Å²) in [6.45, 7) is 5.66. The number of benzene rings is 5. The largest absolute Gasteiger partial charge is 0.508 e. The number of carbonyl (C=O) groups excluding carboxylic acids is 8. The molecular weight excluding hydrogens is 1390 g/mol. The maximum absolute atomic E-state index is 16.0. The van der Waals surface area contributed by atoms with Crippen LogP contribution in [0.4, 0.5) is 0 Å². The fourth-order valence-corrected chi connectivity index (χ4v) is 13.0. The van der Waals surface area contributed by atoms with Gasteiger partial charge in [0.15, 0.2) is 23.9 Å². The average Bonchev–Trinajstić information content (AvgIpc) is 0.770. The van der Waals surface area contributed by atoms with Gasteiger partial charge in [0, 0.05) is 29.2 Å². The molecule has 0 saturated carbocycles. The first-order valence-corrected chi connectivity index (χ1v) is 32.6. The summed E-state index contributed by atoms with van der Waals surface area (Å²) in [7, 11) is 1.47. The van der Waals surface area contributed by atoms with Crippen LogP contribution < -0.4 is 68.4 Å². The van der Waals surface area contributed by atoms with E-state index in [2.05, 4.69) is 37.2 Å². The van der Waals surface area contributed by atoms with Crippen LogP contribution in [0.1, 0.15) is 105 Å². The molecule has 548 valence electrons. The second-order valence-corrected chi connectivity index (χ2v) is 26.7. The van der Waals surface area contributed by atoms with Crippen molar-refractivity contribution in [2.75, 3.05) is 13.7 Å². The number of nitrogens with one attached hydrogen (secondary N) is 8. The van der Waals surface area contributed by atoms with Crippen molar-refractivity contribution >= 4 is 70.5 Å². The Bertz CT molecular complexity index is 4100. The summed E-state index contributed by atoms with van der Waals surface area (Å²) in [5.74, 6) is -15.6. The van der Waals surface area contributed by atoms with E-state index in [9.17, 15) is 75.1 Å². The van der Waals surface area contributed by atoms with E-state index in [0.717, 1.165) is 66.7 Å². The molecule has 7 aliphatic rings. The molecule has 2 fully saturated rings. The van der Waals surface area contributed by atoms with E-state index in [4.69, 9.17) is 63.1 Å². The van der Waals surface area contributed by atoms with Gasteiger partial charge in [0.25, 0.3) is 5.91 Å². The van der Waals surface area contributed by atoms with E-state index in [0.29, 0.717) is 0 Å². The number of amides is 8. The zero-order valence-electron chi connectivity index (χ0n) is 54.8. The van der Waals surface area contributed by atoms with Crippen molar-refractivity contribution in [2.24, 2.45) is 17.4 Å². The maximum atomic E-state index is 16.0. The number of nitrogens with two attached hydrogens (primary N) is 2. The summed E-state index contributed by atoms with van der Waals surface area (Å²) < 4.78 is 38.3. The number of hydrogen-bond donors (Lipinski definition) is 20. The summed E-state index contributed by atoms with van der Waals surface area (Å²) in [4.78, 5) is 118. The Hall–Kier alpha value is -9.24. The average molecular weight is 1460 g/mol. The number of fused-ring (bicyclic) bond motifs is 15. The number of likely N-dealkylation sites (N-methyl/N-ethyl adjacent to an activating group) is 1. The highest BCUT2D eigenvalue weighted by atomic mass is 35.5. The number of hydroxylamine groups is 1. The molecule has 0 spiro atoms. The number of phenols is 3. The molecule has 8 amide bonds. The highest BCUT2D eigenvalue weighted by molar-refractivity contribution is 6.32. The van der Waals surface area contributed by atoms with Gasteiger partial charge in [0.1, 0.15) is 95.5 Å². The molecular formula is C66H76Cl2N10O24. The fraction of sp³-hybridized carbons (Fsp3) is 0.424. The smallest absolute Gasteiger partial charge is 0.270 e. The molecule has 2 saturated heterocycles. The quantitative estimate of drug-likeness (QED) is 0.0523. The van der Waals surface area contributed by atoms with Crippen molar-refractivity contribution < 1.29 is 118 Å². The predicted octanol–water partition coefficient (Wildman–Crippen LogP) is -0.473. The van der Waals surface area contributed by atoms with Crippen LogP contribution in [0, 0.1) is 5.92 Å². The Morgan fingerprint density at radius 2 is 1.32 bits per heavy atom. The standard InChI is InChI=1S/C66H76Cl2N10O24/c1-23(2)12-34(71-5)58(89)76-49-51(84)26-7-10-38(32(67)14-26)98-40-16-28-17-41(55(40)102-65-56(54(87)53(86)42(22-79)100-65)101-44-21-66(4,70)57(88)24(3)97-44)99-39-11-8-27(15-33(39)68)52(85)50-63(94)75-48(64(95)78-96)31-18-29(80)19-37(82)45(31)30-13-25(6-9-36(30)81)46(60(91)77-50)74-61(92)47(28)73-59(90)35(20-43(69)83)72-62(49)93/h6-11,13-19,23-24,34-35,42,44,46-54,56-57,65,71,79-82,84-88,96H,12,20-22,70H2,1-5H3,(H2,69,83)(H,72,93)(H,73,90)(H,74,92)(H,75,94)(H,76,89)(H,77,91)(H,78,95)/t24-,34+,35+,42+,44+,46+,47?,48-,49-,50-,51-,52+,53-,54-,56-,57+,65-,66?/m1/s1. The van der Waals surface area contributed by atoms with Crippen molar-refractivity contribution in [3.8, 4) is 57.1 Å². The molecule has 34 nitrogen and oxygen atoms in total. The molecule has 7 heterocycles. The number of aliphatic hydroxyl groups excluding tert-OH is 6. The number of rotatable bonds is 13. The van der Waals surface area contributed by atoms with Gasteiger partial charge in [-0.2, -0.15) is 0 Å². The molecule has 11 bridgehead atoms. The predicted molar refractivity (Wildman–Crippen MR) is 352 cm³/mol. The van der Waals surface area contributed by atoms with Gasteiger partial charge in [0.05, 0.1) is 41.3 Å². The van der Waals surface area contributed by atoms with Crippen molar-refractivity contribution in [1.82, 2.24) is 42.7 Å². The Balaban J connectivity index is 1.24. The number of aromatic hydroxyl groups is 3. The molecule has 5 aromatic carbocycles. The second kappa shape index (κ2) is 30.8. The van der Waals surface area contributed by atoms with E-state index in [1.54, 1.807) is 0 Å². The first-order chi connectivity index (χ1) is 48.2. The summed E-state index contributed by atoms with van der Waals surface area (Å²) in [5.41, 5.74) is 9.46. The Labute approximate surface area is 589 Å². The van der Waals surface area contributed by atoms with Crippen molar-refractivity contribution in [3.05, 3.63) is 117 Å². The van der Waals surface area contributed by atoms with E-state index < -0.39 is 237 Å². The molecule has 102 heavy (non-hydrogen) atoms. The van der Waals surface area contributed by atoms with Crippen LogP contribution in [-0.4, -0.2) is 191 Å². The summed E-state index contributed by atoms with van der Waals surface area (Å²) in [6, 6.07) is -0.530. The number of aliphatic hydroxyl groups is 6. The lowest BCUT2D eigenvalue weighted by Gasteiger charge is -2.47. The Kier molecular flexibility index (Phi) is 22.7. The topological polar surface area (TPSA) is 543 Å². The monoisotopic (exact) mass is 1460 g/mol. The number of ether oxygens (including phenoxy) is 6. The number of carbonyl (C=O) groups is 8. The van der Waals surface area contributed by atoms with Crippen molar-refractivity contribution in [3.63, 3.8) is 0 Å². The maximum Gasteiger partial charge on any atom is 0.270 e. The number of hydrogen-bond acceptors (Lipinski definition) is 26. The van der Waals surface area contributed by atoms with Gasteiger partial charge in [-0.25, -0.2) is 5.48 Å². The lowest BCUT2D eigenvalue weighted by Crippen LogP contribution is -2.64. The van der Waals surface area contributed by atoms with Gasteiger partial charge in [0.2, 0.25) is 53.4 Å². The first kappa shape index (κ1) is 75.4. The minimum atomic E-state index is -2.35. The lowest BCUT2D eigenvalue weighted by atomic mass is 9.86. The summed E-state index contributed by atoms with van der Waals surface area (Å²) in [6.07, 6.45) is -18.6. The molecule has 12 rings (SSSR count). The van der Waals surface area contributed by atoms with Gasteiger partial charge >= 0.3 is 0 Å². The van der Waals surface area contributed by atoms with Crippen molar-refractivity contribution in [1.29, 1.82) is 0 Å². The number of phenolic OH excluding ortho intramolecular Hbond substituents is 3. The zero-order valence-corrected chi connectivity index (χ0v) is 56.3. The van der Waals surface area contributed by atoms with Crippen LogP contribution in [-0.2, 0) is 52.6 Å². The lowest BCUT2D eigenvalue weighted by molar-refractivity contribution is -0.333. The van der Waals surface area contributed by atoms with Crippen LogP contribution in [0.5, 0.6) is 46.0 Å². The fourth-order valence-electron chi connectivity index (χ4n) is 12.6. The van der Waals surface area contributed by atoms with Gasteiger partial charge < -0.3 is 123 Å². The number of primary amides is 1. The molecule has 0 aromatic heterocycles.